The number of fused-ring (bicyclic) bond motifs is 5. The van der Waals surface area contributed by atoms with Crippen molar-refractivity contribution in [2.45, 2.75) is 97.5 Å². The molecule has 0 aromatic carbocycles. The number of carbonyl (C=O) groups excluding carboxylic acids is 1. The lowest BCUT2D eigenvalue weighted by molar-refractivity contribution is -0.151. The molecule has 4 aliphatic rings. The van der Waals surface area contributed by atoms with E-state index < -0.39 is 5.97 Å². The summed E-state index contributed by atoms with van der Waals surface area (Å²) in [5.41, 5.74) is 0.820. The lowest BCUT2D eigenvalue weighted by atomic mass is 9.44. The summed E-state index contributed by atoms with van der Waals surface area (Å²) >= 11 is 0. The zero-order chi connectivity index (χ0) is 20.8. The van der Waals surface area contributed by atoms with Crippen LogP contribution in [0.25, 0.3) is 0 Å². The fourth-order valence-electron chi connectivity index (χ4n) is 8.95. The first-order valence-corrected chi connectivity index (χ1v) is 12.1. The van der Waals surface area contributed by atoms with Crippen molar-refractivity contribution in [1.29, 1.82) is 0 Å². The minimum atomic E-state index is -0.652. The molecule has 0 saturated heterocycles. The molecule has 4 saturated carbocycles. The molecule has 0 unspecified atom stereocenters. The topological polar surface area (TPSA) is 63.6 Å². The second-order valence-electron chi connectivity index (χ2n) is 11.4. The first-order chi connectivity index (χ1) is 13.8. The minimum absolute atomic E-state index is 0.141. The number of ether oxygens (including phenoxy) is 1. The molecule has 0 radical (unpaired) electrons. The molecule has 0 aromatic heterocycles. The average Bonchev–Trinajstić information content (AvgIpc) is 3.04. The summed E-state index contributed by atoms with van der Waals surface area (Å²) in [5.74, 6) is 3.75. The molecule has 4 aliphatic carbocycles. The Morgan fingerprint density at radius 3 is 2.52 bits per heavy atom. The van der Waals surface area contributed by atoms with Gasteiger partial charge in [0.1, 0.15) is 6.10 Å². The maximum absolute atomic E-state index is 11.1. The Balaban J connectivity index is 1.48. The second kappa shape index (κ2) is 7.89. The van der Waals surface area contributed by atoms with Crippen LogP contribution in [0.4, 0.5) is 0 Å². The summed E-state index contributed by atoms with van der Waals surface area (Å²) in [5, 5.41) is 9.12. The third-order valence-electron chi connectivity index (χ3n) is 10.4. The highest BCUT2D eigenvalue weighted by atomic mass is 16.5. The van der Waals surface area contributed by atoms with E-state index in [1.54, 1.807) is 0 Å². The molecule has 0 aliphatic heterocycles. The molecule has 29 heavy (non-hydrogen) atoms. The number of hydrogen-bond acceptors (Lipinski definition) is 3. The van der Waals surface area contributed by atoms with E-state index in [0.29, 0.717) is 41.5 Å². The van der Waals surface area contributed by atoms with E-state index in [9.17, 15) is 9.59 Å². The Labute approximate surface area is 176 Å². The number of carboxylic acid groups (broad SMARTS) is 1. The van der Waals surface area contributed by atoms with Crippen molar-refractivity contribution >= 4 is 12.4 Å². The Morgan fingerprint density at radius 2 is 1.79 bits per heavy atom. The van der Waals surface area contributed by atoms with Crippen LogP contribution in [0.5, 0.6) is 0 Å². The molecule has 4 nitrogen and oxygen atoms in total. The van der Waals surface area contributed by atoms with E-state index in [1.807, 2.05) is 0 Å². The zero-order valence-corrected chi connectivity index (χ0v) is 18.6. The van der Waals surface area contributed by atoms with Crippen molar-refractivity contribution < 1.29 is 19.4 Å². The first kappa shape index (κ1) is 21.2. The Hall–Kier alpha value is -1.06. The summed E-state index contributed by atoms with van der Waals surface area (Å²) in [7, 11) is 0. The largest absolute Gasteiger partial charge is 0.481 e. The molecular weight excluding hydrogens is 364 g/mol. The second-order valence-corrected chi connectivity index (χ2v) is 11.4. The molecule has 1 N–H and O–H groups in total. The van der Waals surface area contributed by atoms with Crippen molar-refractivity contribution in [2.24, 2.45) is 46.3 Å². The van der Waals surface area contributed by atoms with Crippen molar-refractivity contribution in [3.8, 4) is 0 Å². The van der Waals surface area contributed by atoms with Gasteiger partial charge in [0, 0.05) is 6.42 Å². The quantitative estimate of drug-likeness (QED) is 0.578. The van der Waals surface area contributed by atoms with Crippen LogP contribution in [0, 0.1) is 46.3 Å². The maximum atomic E-state index is 11.1. The fourth-order valence-corrected chi connectivity index (χ4v) is 8.95. The van der Waals surface area contributed by atoms with Crippen molar-refractivity contribution in [3.63, 3.8) is 0 Å². The molecule has 0 spiro atoms. The lowest BCUT2D eigenvalue weighted by Crippen LogP contribution is -2.54. The molecule has 4 fully saturated rings. The summed E-state index contributed by atoms with van der Waals surface area (Å²) in [4.78, 5) is 21.9. The Bertz CT molecular complexity index is 632. The summed E-state index contributed by atoms with van der Waals surface area (Å²) < 4.78 is 5.36. The number of carbonyl (C=O) groups is 2. The van der Waals surface area contributed by atoms with E-state index in [-0.39, 0.29) is 6.10 Å². The lowest BCUT2D eigenvalue weighted by Gasteiger charge is -2.61. The minimum Gasteiger partial charge on any atom is -0.481 e. The fraction of sp³-hybridized carbons (Fsp3) is 0.920. The van der Waals surface area contributed by atoms with Gasteiger partial charge in [-0.25, -0.2) is 0 Å². The Kier molecular flexibility index (Phi) is 5.76. The van der Waals surface area contributed by atoms with E-state index in [0.717, 1.165) is 37.0 Å². The molecule has 164 valence electrons. The van der Waals surface area contributed by atoms with Crippen LogP contribution in [0.2, 0.25) is 0 Å². The predicted molar refractivity (Wildman–Crippen MR) is 112 cm³/mol. The van der Waals surface area contributed by atoms with Gasteiger partial charge in [-0.1, -0.05) is 20.8 Å². The van der Waals surface area contributed by atoms with Gasteiger partial charge in [-0.15, -0.1) is 0 Å². The van der Waals surface area contributed by atoms with Crippen molar-refractivity contribution in [1.82, 2.24) is 0 Å². The third kappa shape index (κ3) is 3.53. The van der Waals surface area contributed by atoms with Gasteiger partial charge < -0.3 is 9.84 Å². The molecule has 0 bridgehead atoms. The van der Waals surface area contributed by atoms with Gasteiger partial charge in [-0.2, -0.15) is 0 Å². The summed E-state index contributed by atoms with van der Waals surface area (Å²) in [6.45, 7) is 8.05. The number of hydrogen-bond donors (Lipinski definition) is 1. The number of aliphatic carboxylic acids is 1. The van der Waals surface area contributed by atoms with Gasteiger partial charge in [0.2, 0.25) is 0 Å². The molecular formula is C25H40O4. The molecule has 9 atom stereocenters. The summed E-state index contributed by atoms with van der Waals surface area (Å²) in [6, 6.07) is 0. The van der Waals surface area contributed by atoms with Gasteiger partial charge in [0.05, 0.1) is 0 Å². The Morgan fingerprint density at radius 1 is 1.07 bits per heavy atom. The van der Waals surface area contributed by atoms with Gasteiger partial charge in [-0.3, -0.25) is 9.59 Å². The van der Waals surface area contributed by atoms with Crippen LogP contribution in [-0.2, 0) is 14.3 Å². The molecule has 0 heterocycles. The number of carboxylic acids is 1. The van der Waals surface area contributed by atoms with Gasteiger partial charge in [0.15, 0.2) is 0 Å². The normalized spacial score (nSPS) is 47.4. The first-order valence-electron chi connectivity index (χ1n) is 12.1. The van der Waals surface area contributed by atoms with Crippen LogP contribution in [-0.4, -0.2) is 23.7 Å². The maximum Gasteiger partial charge on any atom is 0.303 e. The molecule has 0 amide bonds. The van der Waals surface area contributed by atoms with E-state index in [2.05, 4.69) is 20.8 Å². The van der Waals surface area contributed by atoms with Gasteiger partial charge in [0.25, 0.3) is 6.47 Å². The SMILES string of the molecule is C[C@H](CCC(=O)O)[C@H]1CC[C@@H]2[C@H]3CC[C@@H]4C[C@H](OC=O)CC[C@]4(C)[C@@H]3CC[C@@]21C. The highest BCUT2D eigenvalue weighted by Crippen LogP contribution is 2.68. The van der Waals surface area contributed by atoms with Crippen LogP contribution in [0.15, 0.2) is 0 Å². The highest BCUT2D eigenvalue weighted by molar-refractivity contribution is 5.66. The van der Waals surface area contributed by atoms with Gasteiger partial charge >= 0.3 is 5.97 Å². The predicted octanol–water partition coefficient (Wildman–Crippen LogP) is 5.69. The van der Waals surface area contributed by atoms with Crippen LogP contribution in [0.3, 0.4) is 0 Å². The standard InChI is InChI=1S/C25H40O4/c1-16(4-9-23(27)28)20-7-8-21-19-6-5-17-14-18(29-15-26)10-12-24(17,2)22(19)11-13-25(20,21)3/h15-22H,4-14H2,1-3H3,(H,27,28)/t16-,17-,18-,19-,20-,21-,22-,24+,25-/m1/s1. The van der Waals surface area contributed by atoms with E-state index >= 15 is 0 Å². The molecule has 0 aromatic rings. The monoisotopic (exact) mass is 404 g/mol. The molecule has 4 rings (SSSR count). The highest BCUT2D eigenvalue weighted by Gasteiger charge is 2.60. The van der Waals surface area contributed by atoms with Crippen LogP contribution in [0.1, 0.15) is 91.4 Å². The van der Waals surface area contributed by atoms with Crippen molar-refractivity contribution in [3.05, 3.63) is 0 Å². The number of rotatable bonds is 6. The summed E-state index contributed by atoms with van der Waals surface area (Å²) in [6.07, 6.45) is 12.5. The molecule has 4 heteroatoms. The van der Waals surface area contributed by atoms with Crippen LogP contribution >= 0.6 is 0 Å². The van der Waals surface area contributed by atoms with Crippen molar-refractivity contribution in [2.75, 3.05) is 0 Å². The average molecular weight is 405 g/mol. The zero-order valence-electron chi connectivity index (χ0n) is 18.6. The van der Waals surface area contributed by atoms with E-state index in [4.69, 9.17) is 9.84 Å². The smallest absolute Gasteiger partial charge is 0.303 e. The van der Waals surface area contributed by atoms with E-state index in [1.165, 1.54) is 44.9 Å². The van der Waals surface area contributed by atoms with Gasteiger partial charge in [-0.05, 0) is 111 Å². The third-order valence-corrected chi connectivity index (χ3v) is 10.4. The van der Waals surface area contributed by atoms with Crippen LogP contribution < -0.4 is 0 Å².